The fourth-order valence-corrected chi connectivity index (χ4v) is 1.47. The molecule has 1 nitrogen and oxygen atoms in total. The van der Waals surface area contributed by atoms with Crippen LogP contribution < -0.4 is 0 Å². The van der Waals surface area contributed by atoms with Gasteiger partial charge in [-0.2, -0.15) is 0 Å². The minimum absolute atomic E-state index is 0.0429. The Morgan fingerprint density at radius 2 is 2.13 bits per heavy atom. The number of ketones is 1. The van der Waals surface area contributed by atoms with E-state index in [1.165, 1.54) is 12.1 Å². The molecule has 0 N–H and O–H groups in total. The van der Waals surface area contributed by atoms with Gasteiger partial charge in [-0.3, -0.25) is 4.79 Å². The molecule has 0 spiro atoms. The molecule has 0 heterocycles. The molecule has 1 aromatic carbocycles. The van der Waals surface area contributed by atoms with E-state index in [1.807, 2.05) is 13.8 Å². The minimum atomic E-state index is -0.340. The Labute approximate surface area is 90.3 Å². The van der Waals surface area contributed by atoms with Crippen molar-refractivity contribution in [3.8, 4) is 0 Å². The Morgan fingerprint density at radius 3 is 2.73 bits per heavy atom. The van der Waals surface area contributed by atoms with E-state index < -0.39 is 0 Å². The lowest BCUT2D eigenvalue weighted by Gasteiger charge is -2.09. The van der Waals surface area contributed by atoms with E-state index in [0.29, 0.717) is 17.9 Å². The van der Waals surface area contributed by atoms with Crippen molar-refractivity contribution in [2.24, 2.45) is 5.92 Å². The van der Waals surface area contributed by atoms with E-state index in [1.54, 1.807) is 6.07 Å². The largest absolute Gasteiger partial charge is 0.294 e. The van der Waals surface area contributed by atoms with Crippen molar-refractivity contribution in [2.45, 2.75) is 33.6 Å². The fraction of sp³-hybridized carbons (Fsp3) is 0.462. The first-order valence-electron chi connectivity index (χ1n) is 5.34. The zero-order valence-electron chi connectivity index (χ0n) is 9.51. The van der Waals surface area contributed by atoms with E-state index in [9.17, 15) is 9.18 Å². The minimum Gasteiger partial charge on any atom is -0.294 e. The second-order valence-corrected chi connectivity index (χ2v) is 4.10. The van der Waals surface area contributed by atoms with Gasteiger partial charge in [0.15, 0.2) is 5.78 Å². The maximum atomic E-state index is 13.0. The van der Waals surface area contributed by atoms with Crippen LogP contribution in [0.15, 0.2) is 18.2 Å². The normalized spacial score (nSPS) is 12.5. The van der Waals surface area contributed by atoms with Crippen molar-refractivity contribution in [2.75, 3.05) is 0 Å². The maximum Gasteiger partial charge on any atom is 0.163 e. The number of Topliss-reactive ketones (excluding diaryl/α,β-unsaturated/α-hetero) is 1. The molecule has 0 aromatic heterocycles. The highest BCUT2D eigenvalue weighted by Crippen LogP contribution is 2.16. The number of aryl methyl sites for hydroxylation is 1. The molecule has 0 aliphatic rings. The third-order valence-electron chi connectivity index (χ3n) is 2.73. The van der Waals surface area contributed by atoms with E-state index in [4.69, 9.17) is 0 Å². The number of carbonyl (C=O) groups is 1. The van der Waals surface area contributed by atoms with Crippen LogP contribution in [0.2, 0.25) is 0 Å². The van der Waals surface area contributed by atoms with E-state index in [0.717, 1.165) is 12.0 Å². The summed E-state index contributed by atoms with van der Waals surface area (Å²) in [5.74, 6) is 0.0645. The van der Waals surface area contributed by atoms with Crippen LogP contribution in [0, 0.1) is 18.7 Å². The van der Waals surface area contributed by atoms with Crippen LogP contribution in [0.4, 0.5) is 4.39 Å². The van der Waals surface area contributed by atoms with Crippen molar-refractivity contribution in [3.05, 3.63) is 35.1 Å². The third-order valence-corrected chi connectivity index (χ3v) is 2.73. The molecule has 1 unspecified atom stereocenters. The van der Waals surface area contributed by atoms with Crippen LogP contribution in [-0.4, -0.2) is 5.78 Å². The van der Waals surface area contributed by atoms with Crippen LogP contribution in [0.25, 0.3) is 0 Å². The molecule has 0 saturated carbocycles. The maximum absolute atomic E-state index is 13.0. The number of hydrogen-bond donors (Lipinski definition) is 0. The first-order chi connectivity index (χ1) is 7.04. The van der Waals surface area contributed by atoms with Crippen LogP contribution in [0.1, 0.15) is 42.6 Å². The molecule has 2 heteroatoms. The summed E-state index contributed by atoms with van der Waals surface area (Å²) < 4.78 is 13.0. The molecular weight excluding hydrogens is 191 g/mol. The summed E-state index contributed by atoms with van der Waals surface area (Å²) in [5.41, 5.74) is 1.38. The van der Waals surface area contributed by atoms with Gasteiger partial charge in [-0.05, 0) is 30.5 Å². The average Bonchev–Trinajstić information content (AvgIpc) is 2.21. The Morgan fingerprint density at radius 1 is 1.47 bits per heavy atom. The van der Waals surface area contributed by atoms with Crippen LogP contribution in [0.3, 0.4) is 0 Å². The molecule has 1 rings (SSSR count). The molecule has 0 aliphatic heterocycles. The van der Waals surface area contributed by atoms with Gasteiger partial charge in [-0.1, -0.05) is 26.3 Å². The number of halogens is 1. The monoisotopic (exact) mass is 208 g/mol. The van der Waals surface area contributed by atoms with Gasteiger partial charge < -0.3 is 0 Å². The van der Waals surface area contributed by atoms with Crippen molar-refractivity contribution >= 4 is 5.78 Å². The van der Waals surface area contributed by atoms with Gasteiger partial charge in [-0.25, -0.2) is 4.39 Å². The number of hydrogen-bond acceptors (Lipinski definition) is 1. The van der Waals surface area contributed by atoms with Gasteiger partial charge in [0.2, 0.25) is 0 Å². The van der Waals surface area contributed by atoms with Crippen molar-refractivity contribution in [1.82, 2.24) is 0 Å². The Bertz CT molecular complexity index is 358. The zero-order chi connectivity index (χ0) is 11.4. The summed E-state index contributed by atoms with van der Waals surface area (Å²) in [6, 6.07) is 4.37. The Balaban J connectivity index is 2.86. The van der Waals surface area contributed by atoms with Gasteiger partial charge in [0.25, 0.3) is 0 Å². The van der Waals surface area contributed by atoms with Crippen LogP contribution in [-0.2, 0) is 0 Å². The molecule has 15 heavy (non-hydrogen) atoms. The molecular formula is C13H17FO. The highest BCUT2D eigenvalue weighted by atomic mass is 19.1. The van der Waals surface area contributed by atoms with Crippen LogP contribution >= 0.6 is 0 Å². The highest BCUT2D eigenvalue weighted by molar-refractivity contribution is 5.97. The third kappa shape index (κ3) is 3.15. The summed E-state index contributed by atoms with van der Waals surface area (Å²) in [7, 11) is 0. The van der Waals surface area contributed by atoms with Gasteiger partial charge >= 0.3 is 0 Å². The quantitative estimate of drug-likeness (QED) is 0.689. The second kappa shape index (κ2) is 5.06. The Hall–Kier alpha value is -1.18. The van der Waals surface area contributed by atoms with E-state index in [2.05, 4.69) is 6.92 Å². The zero-order valence-corrected chi connectivity index (χ0v) is 9.51. The molecule has 1 atom stereocenters. The molecule has 82 valence electrons. The Kier molecular flexibility index (Phi) is 4.01. The molecule has 1 aromatic rings. The first-order valence-corrected chi connectivity index (χ1v) is 5.34. The molecule has 0 saturated heterocycles. The van der Waals surface area contributed by atoms with Crippen molar-refractivity contribution < 1.29 is 9.18 Å². The highest BCUT2D eigenvalue weighted by Gasteiger charge is 2.12. The summed E-state index contributed by atoms with van der Waals surface area (Å²) >= 11 is 0. The predicted octanol–water partition coefficient (Wildman–Crippen LogP) is 3.75. The van der Waals surface area contributed by atoms with Gasteiger partial charge in [-0.15, -0.1) is 0 Å². The smallest absolute Gasteiger partial charge is 0.163 e. The van der Waals surface area contributed by atoms with Gasteiger partial charge in [0, 0.05) is 12.0 Å². The lowest BCUT2D eigenvalue weighted by atomic mass is 9.95. The number of benzene rings is 1. The molecule has 0 fully saturated rings. The van der Waals surface area contributed by atoms with Gasteiger partial charge in [0.1, 0.15) is 5.82 Å². The molecule has 0 radical (unpaired) electrons. The average molecular weight is 208 g/mol. The first kappa shape index (κ1) is 11.9. The molecule has 0 bridgehead atoms. The van der Waals surface area contributed by atoms with Crippen molar-refractivity contribution in [3.63, 3.8) is 0 Å². The van der Waals surface area contributed by atoms with E-state index >= 15 is 0 Å². The van der Waals surface area contributed by atoms with E-state index in [-0.39, 0.29) is 11.6 Å². The van der Waals surface area contributed by atoms with Crippen molar-refractivity contribution in [1.29, 1.82) is 0 Å². The molecule has 0 aliphatic carbocycles. The summed E-state index contributed by atoms with van der Waals surface area (Å²) in [6.45, 7) is 5.92. The predicted molar refractivity (Wildman–Crippen MR) is 59.5 cm³/mol. The number of rotatable bonds is 4. The summed E-state index contributed by atoms with van der Waals surface area (Å²) in [5, 5.41) is 0. The standard InChI is InChI=1S/C13H17FO/c1-4-9(2)7-13(15)12-8-11(14)6-5-10(12)3/h5-6,8-9H,4,7H2,1-3H3. The van der Waals surface area contributed by atoms with Crippen LogP contribution in [0.5, 0.6) is 0 Å². The van der Waals surface area contributed by atoms with Gasteiger partial charge in [0.05, 0.1) is 0 Å². The lowest BCUT2D eigenvalue weighted by molar-refractivity contribution is 0.0962. The SMILES string of the molecule is CCC(C)CC(=O)c1cc(F)ccc1C. The molecule has 0 amide bonds. The number of carbonyl (C=O) groups excluding carboxylic acids is 1. The topological polar surface area (TPSA) is 17.1 Å². The fourth-order valence-electron chi connectivity index (χ4n) is 1.47. The lowest BCUT2D eigenvalue weighted by Crippen LogP contribution is -2.07. The summed E-state index contributed by atoms with van der Waals surface area (Å²) in [4.78, 5) is 11.8. The second-order valence-electron chi connectivity index (χ2n) is 4.10. The summed E-state index contributed by atoms with van der Waals surface area (Å²) in [6.07, 6.45) is 1.47.